The van der Waals surface area contributed by atoms with Gasteiger partial charge in [0.25, 0.3) is 0 Å². The van der Waals surface area contributed by atoms with E-state index in [0.717, 1.165) is 16.1 Å². The summed E-state index contributed by atoms with van der Waals surface area (Å²) in [6, 6.07) is 10.9. The standard InChI is InChI=1S/C24H31Cl2N3O4S/c1-16-8-7-9-19(12-16)29(34(6,32)33)15-22(30)28(17(2)23(31)27-24(3,4)5)14-18-10-11-20(25)21(26)13-18/h7-13,17H,14-15H2,1-6H3,(H,27,31). The maximum atomic E-state index is 13.5. The van der Waals surface area contributed by atoms with Crippen LogP contribution in [0.5, 0.6) is 0 Å². The van der Waals surface area contributed by atoms with E-state index in [4.69, 9.17) is 23.2 Å². The molecule has 1 atom stereocenters. The minimum atomic E-state index is -3.78. The largest absolute Gasteiger partial charge is 0.350 e. The molecule has 0 saturated heterocycles. The summed E-state index contributed by atoms with van der Waals surface area (Å²) in [7, 11) is -3.78. The predicted molar refractivity (Wildman–Crippen MR) is 138 cm³/mol. The monoisotopic (exact) mass is 527 g/mol. The Hall–Kier alpha value is -2.29. The Bertz CT molecular complexity index is 1160. The summed E-state index contributed by atoms with van der Waals surface area (Å²) in [5.74, 6) is -0.892. The zero-order valence-corrected chi connectivity index (χ0v) is 22.6. The van der Waals surface area contributed by atoms with Gasteiger partial charge >= 0.3 is 0 Å². The van der Waals surface area contributed by atoms with Crippen LogP contribution in [0, 0.1) is 6.92 Å². The van der Waals surface area contributed by atoms with Crippen molar-refractivity contribution in [1.29, 1.82) is 0 Å². The zero-order valence-electron chi connectivity index (χ0n) is 20.2. The van der Waals surface area contributed by atoms with Crippen molar-refractivity contribution >= 4 is 50.7 Å². The van der Waals surface area contributed by atoms with E-state index in [1.807, 2.05) is 33.8 Å². The highest BCUT2D eigenvalue weighted by Gasteiger charge is 2.31. The predicted octanol–water partition coefficient (Wildman–Crippen LogP) is 4.40. The normalized spacial score (nSPS) is 12.7. The van der Waals surface area contributed by atoms with Gasteiger partial charge in [0.15, 0.2) is 0 Å². The maximum Gasteiger partial charge on any atom is 0.244 e. The molecule has 2 aromatic rings. The van der Waals surface area contributed by atoms with Crippen molar-refractivity contribution in [3.05, 3.63) is 63.6 Å². The molecule has 186 valence electrons. The fourth-order valence-electron chi connectivity index (χ4n) is 3.29. The first-order valence-electron chi connectivity index (χ1n) is 10.7. The molecular weight excluding hydrogens is 497 g/mol. The van der Waals surface area contributed by atoms with Crippen LogP contribution in [0.4, 0.5) is 5.69 Å². The summed E-state index contributed by atoms with van der Waals surface area (Å²) in [6.45, 7) is 8.54. The van der Waals surface area contributed by atoms with Crippen molar-refractivity contribution < 1.29 is 18.0 Å². The molecule has 34 heavy (non-hydrogen) atoms. The summed E-state index contributed by atoms with van der Waals surface area (Å²) >= 11 is 12.2. The van der Waals surface area contributed by atoms with Gasteiger partial charge < -0.3 is 10.2 Å². The minimum absolute atomic E-state index is 0.0415. The molecule has 7 nitrogen and oxygen atoms in total. The molecule has 1 N–H and O–H groups in total. The summed E-state index contributed by atoms with van der Waals surface area (Å²) in [5, 5.41) is 3.55. The van der Waals surface area contributed by atoms with Crippen LogP contribution < -0.4 is 9.62 Å². The fraction of sp³-hybridized carbons (Fsp3) is 0.417. The van der Waals surface area contributed by atoms with E-state index in [-0.39, 0.29) is 12.5 Å². The number of nitrogens with zero attached hydrogens (tertiary/aromatic N) is 2. The Balaban J connectivity index is 2.43. The van der Waals surface area contributed by atoms with Gasteiger partial charge in [0.05, 0.1) is 22.0 Å². The molecule has 2 aromatic carbocycles. The van der Waals surface area contributed by atoms with Crippen LogP contribution in [0.3, 0.4) is 0 Å². The highest BCUT2D eigenvalue weighted by molar-refractivity contribution is 7.92. The van der Waals surface area contributed by atoms with Crippen LogP contribution in [-0.4, -0.2) is 49.5 Å². The Morgan fingerprint density at radius 1 is 1.06 bits per heavy atom. The number of rotatable bonds is 8. The molecule has 1 unspecified atom stereocenters. The Morgan fingerprint density at radius 3 is 2.24 bits per heavy atom. The second-order valence-electron chi connectivity index (χ2n) is 9.29. The first-order chi connectivity index (χ1) is 15.6. The van der Waals surface area contributed by atoms with Gasteiger partial charge in [-0.05, 0) is 70.0 Å². The molecule has 0 saturated carbocycles. The first-order valence-corrected chi connectivity index (χ1v) is 13.3. The van der Waals surface area contributed by atoms with Crippen molar-refractivity contribution in [2.24, 2.45) is 0 Å². The van der Waals surface area contributed by atoms with Crippen molar-refractivity contribution in [3.8, 4) is 0 Å². The molecule has 0 aromatic heterocycles. The third-order valence-corrected chi connectivity index (χ3v) is 6.85. The Labute approximate surface area is 212 Å². The van der Waals surface area contributed by atoms with Gasteiger partial charge in [-0.3, -0.25) is 13.9 Å². The van der Waals surface area contributed by atoms with E-state index >= 15 is 0 Å². The zero-order chi connectivity index (χ0) is 25.8. The Kier molecular flexibility index (Phi) is 9.02. The van der Waals surface area contributed by atoms with E-state index in [1.165, 1.54) is 4.90 Å². The summed E-state index contributed by atoms with van der Waals surface area (Å²) in [5.41, 5.74) is 1.37. The molecule has 2 amide bonds. The molecule has 0 bridgehead atoms. The van der Waals surface area contributed by atoms with Crippen LogP contribution in [0.2, 0.25) is 10.0 Å². The number of hydrogen-bond donors (Lipinski definition) is 1. The highest BCUT2D eigenvalue weighted by atomic mass is 35.5. The molecule has 0 heterocycles. The summed E-state index contributed by atoms with van der Waals surface area (Å²) in [4.78, 5) is 27.8. The number of nitrogens with one attached hydrogen (secondary N) is 1. The third kappa shape index (κ3) is 7.89. The van der Waals surface area contributed by atoms with Crippen LogP contribution in [0.25, 0.3) is 0 Å². The van der Waals surface area contributed by atoms with E-state index in [9.17, 15) is 18.0 Å². The molecule has 0 fully saturated rings. The molecule has 0 aliphatic rings. The van der Waals surface area contributed by atoms with E-state index < -0.39 is 34.1 Å². The third-order valence-electron chi connectivity index (χ3n) is 4.97. The van der Waals surface area contributed by atoms with Gasteiger partial charge in [-0.1, -0.05) is 41.4 Å². The van der Waals surface area contributed by atoms with Crippen LogP contribution >= 0.6 is 23.2 Å². The summed E-state index contributed by atoms with van der Waals surface area (Å²) < 4.78 is 26.2. The minimum Gasteiger partial charge on any atom is -0.350 e. The quantitative estimate of drug-likeness (QED) is 0.551. The van der Waals surface area contributed by atoms with Crippen molar-refractivity contribution in [2.75, 3.05) is 17.1 Å². The number of amides is 2. The van der Waals surface area contributed by atoms with Crippen molar-refractivity contribution in [3.63, 3.8) is 0 Å². The van der Waals surface area contributed by atoms with E-state index in [0.29, 0.717) is 21.3 Å². The molecule has 0 aliphatic heterocycles. The average Bonchev–Trinajstić information content (AvgIpc) is 2.70. The lowest BCUT2D eigenvalue weighted by molar-refractivity contribution is -0.140. The molecule has 0 radical (unpaired) electrons. The second kappa shape index (κ2) is 11.0. The molecule has 0 aliphatic carbocycles. The number of carbonyl (C=O) groups excluding carboxylic acids is 2. The number of carbonyl (C=O) groups is 2. The Morgan fingerprint density at radius 2 is 1.71 bits per heavy atom. The first kappa shape index (κ1) is 28.0. The maximum absolute atomic E-state index is 13.5. The number of sulfonamides is 1. The smallest absolute Gasteiger partial charge is 0.244 e. The van der Waals surface area contributed by atoms with Crippen molar-refractivity contribution in [1.82, 2.24) is 10.2 Å². The number of benzene rings is 2. The number of halogens is 2. The van der Waals surface area contributed by atoms with E-state index in [1.54, 1.807) is 43.3 Å². The van der Waals surface area contributed by atoms with Gasteiger partial charge in [-0.15, -0.1) is 0 Å². The lowest BCUT2D eigenvalue weighted by atomic mass is 10.1. The SMILES string of the molecule is Cc1cccc(N(CC(=O)N(Cc2ccc(Cl)c(Cl)c2)C(C)C(=O)NC(C)(C)C)S(C)(=O)=O)c1. The fourth-order valence-corrected chi connectivity index (χ4v) is 4.45. The number of hydrogen-bond acceptors (Lipinski definition) is 4. The van der Waals surface area contributed by atoms with E-state index in [2.05, 4.69) is 5.32 Å². The van der Waals surface area contributed by atoms with Gasteiger partial charge in [-0.2, -0.15) is 0 Å². The molecule has 2 rings (SSSR count). The number of aryl methyl sites for hydroxylation is 1. The van der Waals surface area contributed by atoms with Crippen LogP contribution in [0.1, 0.15) is 38.8 Å². The second-order valence-corrected chi connectivity index (χ2v) is 12.0. The van der Waals surface area contributed by atoms with Gasteiger partial charge in [0, 0.05) is 12.1 Å². The topological polar surface area (TPSA) is 86.8 Å². The lowest BCUT2D eigenvalue weighted by Gasteiger charge is -2.33. The number of anilines is 1. The van der Waals surface area contributed by atoms with Crippen LogP contribution in [0.15, 0.2) is 42.5 Å². The van der Waals surface area contributed by atoms with Gasteiger partial charge in [-0.25, -0.2) is 8.42 Å². The van der Waals surface area contributed by atoms with Crippen molar-refractivity contribution in [2.45, 2.75) is 52.7 Å². The molecular formula is C24H31Cl2N3O4S. The van der Waals surface area contributed by atoms with Gasteiger partial charge in [0.2, 0.25) is 21.8 Å². The average molecular weight is 529 g/mol. The summed E-state index contributed by atoms with van der Waals surface area (Å²) in [6.07, 6.45) is 1.04. The highest BCUT2D eigenvalue weighted by Crippen LogP contribution is 2.25. The van der Waals surface area contributed by atoms with Gasteiger partial charge in [0.1, 0.15) is 12.6 Å². The lowest BCUT2D eigenvalue weighted by Crippen LogP contribution is -2.54. The van der Waals surface area contributed by atoms with Crippen LogP contribution in [-0.2, 0) is 26.2 Å². The molecule has 10 heteroatoms. The molecule has 0 spiro atoms.